The molecule has 0 aliphatic heterocycles. The number of amides is 1. The Morgan fingerprint density at radius 3 is 2.50 bits per heavy atom. The van der Waals surface area contributed by atoms with E-state index in [1.807, 2.05) is 45.0 Å². The zero-order chi connectivity index (χ0) is 16.1. The number of benzene rings is 2. The molecule has 22 heavy (non-hydrogen) atoms. The predicted octanol–water partition coefficient (Wildman–Crippen LogP) is 5.99. The molecule has 1 aromatic heterocycles. The molecule has 5 heteroatoms. The van der Waals surface area contributed by atoms with Crippen LogP contribution in [0.15, 0.2) is 39.2 Å². The molecule has 0 aliphatic rings. The van der Waals surface area contributed by atoms with E-state index in [2.05, 4.69) is 21.2 Å². The van der Waals surface area contributed by atoms with Crippen molar-refractivity contribution in [3.05, 3.63) is 39.8 Å². The number of para-hydroxylation sites is 1. The van der Waals surface area contributed by atoms with E-state index in [-0.39, 0.29) is 5.91 Å². The first-order valence-corrected chi connectivity index (χ1v) is 8.07. The summed E-state index contributed by atoms with van der Waals surface area (Å²) in [5.41, 5.74) is 1.38. The lowest BCUT2D eigenvalue weighted by molar-refractivity contribution is -0.123. The molecular formula is C17H15BrClNO2. The number of hydrogen-bond donors (Lipinski definition) is 1. The van der Waals surface area contributed by atoms with Crippen molar-refractivity contribution in [3.8, 4) is 0 Å². The van der Waals surface area contributed by atoms with Crippen LogP contribution in [0.1, 0.15) is 20.8 Å². The monoisotopic (exact) mass is 379 g/mol. The smallest absolute Gasteiger partial charge is 0.229 e. The third-order valence-electron chi connectivity index (χ3n) is 3.49. The van der Waals surface area contributed by atoms with Gasteiger partial charge in [0, 0.05) is 20.7 Å². The van der Waals surface area contributed by atoms with Gasteiger partial charge in [-0.1, -0.05) is 44.5 Å². The fraction of sp³-hybridized carbons (Fsp3) is 0.235. The molecular weight excluding hydrogens is 366 g/mol. The highest BCUT2D eigenvalue weighted by Gasteiger charge is 2.24. The Balaban J connectivity index is 2.25. The van der Waals surface area contributed by atoms with E-state index in [0.29, 0.717) is 21.9 Å². The van der Waals surface area contributed by atoms with E-state index >= 15 is 0 Å². The van der Waals surface area contributed by atoms with Crippen molar-refractivity contribution in [1.82, 2.24) is 0 Å². The van der Waals surface area contributed by atoms with Gasteiger partial charge in [-0.25, -0.2) is 0 Å². The molecule has 0 fully saturated rings. The molecule has 1 heterocycles. The molecule has 0 atom stereocenters. The Morgan fingerprint density at radius 1 is 1.14 bits per heavy atom. The minimum atomic E-state index is -0.495. The van der Waals surface area contributed by atoms with Crippen LogP contribution in [0.2, 0.25) is 5.02 Å². The van der Waals surface area contributed by atoms with E-state index in [1.165, 1.54) is 0 Å². The molecule has 0 aliphatic carbocycles. The fourth-order valence-corrected chi connectivity index (χ4v) is 2.85. The second-order valence-electron chi connectivity index (χ2n) is 6.22. The van der Waals surface area contributed by atoms with Crippen LogP contribution in [0.5, 0.6) is 0 Å². The third kappa shape index (κ3) is 2.50. The summed E-state index contributed by atoms with van der Waals surface area (Å²) in [5.74, 6) is -0.0766. The summed E-state index contributed by atoms with van der Waals surface area (Å²) in [6.07, 6.45) is 0. The number of anilines is 1. The summed E-state index contributed by atoms with van der Waals surface area (Å²) in [6.45, 7) is 5.60. The van der Waals surface area contributed by atoms with Crippen LogP contribution >= 0.6 is 27.5 Å². The molecule has 0 radical (unpaired) electrons. The van der Waals surface area contributed by atoms with Crippen molar-refractivity contribution in [1.29, 1.82) is 0 Å². The first-order chi connectivity index (χ1) is 10.3. The highest BCUT2D eigenvalue weighted by molar-refractivity contribution is 9.10. The Labute approximate surface area is 141 Å². The normalized spacial score (nSPS) is 12.0. The highest BCUT2D eigenvalue weighted by atomic mass is 79.9. The average molecular weight is 381 g/mol. The summed E-state index contributed by atoms with van der Waals surface area (Å²) < 4.78 is 6.70. The quantitative estimate of drug-likeness (QED) is 0.563. The number of halogens is 2. The van der Waals surface area contributed by atoms with Crippen molar-refractivity contribution in [2.24, 2.45) is 5.41 Å². The first kappa shape index (κ1) is 15.4. The SMILES string of the molecule is CC(C)(C)C(=O)Nc1c(Br)ccc2c1oc1c(Cl)cccc12. The lowest BCUT2D eigenvalue weighted by atomic mass is 9.95. The lowest BCUT2D eigenvalue weighted by Crippen LogP contribution is -2.27. The minimum absolute atomic E-state index is 0.0766. The Kier molecular flexibility index (Phi) is 3.69. The molecule has 1 N–H and O–H groups in total. The topological polar surface area (TPSA) is 42.2 Å². The maximum atomic E-state index is 12.3. The Bertz CT molecular complexity index is 893. The highest BCUT2D eigenvalue weighted by Crippen LogP contribution is 2.40. The van der Waals surface area contributed by atoms with Gasteiger partial charge in [0.05, 0.1) is 10.7 Å². The van der Waals surface area contributed by atoms with Gasteiger partial charge in [0.25, 0.3) is 0 Å². The molecule has 3 nitrogen and oxygen atoms in total. The molecule has 0 spiro atoms. The van der Waals surface area contributed by atoms with E-state index in [1.54, 1.807) is 6.07 Å². The first-order valence-electron chi connectivity index (χ1n) is 6.90. The maximum Gasteiger partial charge on any atom is 0.229 e. The van der Waals surface area contributed by atoms with E-state index < -0.39 is 5.41 Å². The standard InChI is InChI=1S/C17H15BrClNO2/c1-17(2,3)16(21)20-13-11(18)8-7-10-9-5-4-6-12(19)14(9)22-15(10)13/h4-8H,1-3H3,(H,20,21). The molecule has 114 valence electrons. The summed E-state index contributed by atoms with van der Waals surface area (Å²) >= 11 is 9.69. The van der Waals surface area contributed by atoms with E-state index in [9.17, 15) is 4.79 Å². The number of carbonyl (C=O) groups is 1. The number of fused-ring (bicyclic) bond motifs is 3. The maximum absolute atomic E-state index is 12.3. The number of rotatable bonds is 1. The summed E-state index contributed by atoms with van der Waals surface area (Å²) in [4.78, 5) is 12.3. The van der Waals surface area contributed by atoms with Crippen molar-refractivity contribution in [2.45, 2.75) is 20.8 Å². The average Bonchev–Trinajstić information content (AvgIpc) is 2.81. The van der Waals surface area contributed by atoms with Crippen LogP contribution in [0.4, 0.5) is 5.69 Å². The van der Waals surface area contributed by atoms with Crippen LogP contribution in [-0.4, -0.2) is 5.91 Å². The number of furan rings is 1. The van der Waals surface area contributed by atoms with Gasteiger partial charge in [-0.3, -0.25) is 4.79 Å². The second-order valence-corrected chi connectivity index (χ2v) is 7.48. The molecule has 0 saturated carbocycles. The van der Waals surface area contributed by atoms with Crippen molar-refractivity contribution >= 4 is 61.1 Å². The van der Waals surface area contributed by atoms with Crippen LogP contribution < -0.4 is 5.32 Å². The molecule has 1 amide bonds. The van der Waals surface area contributed by atoms with Crippen LogP contribution in [0, 0.1) is 5.41 Å². The van der Waals surface area contributed by atoms with Crippen LogP contribution in [0.25, 0.3) is 21.9 Å². The van der Waals surface area contributed by atoms with E-state index in [4.69, 9.17) is 16.0 Å². The van der Waals surface area contributed by atoms with Crippen molar-refractivity contribution in [2.75, 3.05) is 5.32 Å². The van der Waals surface area contributed by atoms with Gasteiger partial charge in [-0.05, 0) is 34.1 Å². The Hall–Kier alpha value is -1.52. The van der Waals surface area contributed by atoms with Gasteiger partial charge in [-0.2, -0.15) is 0 Å². The number of nitrogens with one attached hydrogen (secondary N) is 1. The van der Waals surface area contributed by atoms with Gasteiger partial charge in [0.2, 0.25) is 5.91 Å². The predicted molar refractivity (Wildman–Crippen MR) is 94.5 cm³/mol. The second kappa shape index (κ2) is 5.28. The molecule has 0 bridgehead atoms. The summed E-state index contributed by atoms with van der Waals surface area (Å²) in [5, 5.41) is 5.36. The summed E-state index contributed by atoms with van der Waals surface area (Å²) in [7, 11) is 0. The molecule has 3 rings (SSSR count). The fourth-order valence-electron chi connectivity index (χ4n) is 2.22. The van der Waals surface area contributed by atoms with Gasteiger partial charge in [-0.15, -0.1) is 0 Å². The lowest BCUT2D eigenvalue weighted by Gasteiger charge is -2.18. The zero-order valence-electron chi connectivity index (χ0n) is 12.5. The minimum Gasteiger partial charge on any atom is -0.452 e. The van der Waals surface area contributed by atoms with Crippen molar-refractivity contribution in [3.63, 3.8) is 0 Å². The number of hydrogen-bond acceptors (Lipinski definition) is 2. The van der Waals surface area contributed by atoms with Gasteiger partial charge in [0.1, 0.15) is 0 Å². The van der Waals surface area contributed by atoms with Crippen LogP contribution in [0.3, 0.4) is 0 Å². The molecule has 0 saturated heterocycles. The van der Waals surface area contributed by atoms with Gasteiger partial charge in [0.15, 0.2) is 11.2 Å². The molecule has 0 unspecified atom stereocenters. The third-order valence-corrected chi connectivity index (χ3v) is 4.45. The van der Waals surface area contributed by atoms with E-state index in [0.717, 1.165) is 15.2 Å². The zero-order valence-corrected chi connectivity index (χ0v) is 14.8. The molecule has 2 aromatic carbocycles. The van der Waals surface area contributed by atoms with Crippen molar-refractivity contribution < 1.29 is 9.21 Å². The summed E-state index contributed by atoms with van der Waals surface area (Å²) in [6, 6.07) is 9.48. The molecule has 3 aromatic rings. The van der Waals surface area contributed by atoms with Crippen LogP contribution in [-0.2, 0) is 4.79 Å². The Morgan fingerprint density at radius 2 is 1.82 bits per heavy atom. The van der Waals surface area contributed by atoms with Gasteiger partial charge < -0.3 is 9.73 Å². The van der Waals surface area contributed by atoms with Gasteiger partial charge >= 0.3 is 0 Å². The number of carbonyl (C=O) groups excluding carboxylic acids is 1. The largest absolute Gasteiger partial charge is 0.452 e.